The molecule has 0 aliphatic heterocycles. The van der Waals surface area contributed by atoms with E-state index in [1.165, 1.54) is 180 Å². The molecule has 0 aliphatic carbocycles. The Labute approximate surface area is 465 Å². The van der Waals surface area contributed by atoms with E-state index in [1.54, 1.807) is 0 Å². The first-order valence-electron chi connectivity index (χ1n) is 32.4. The fraction of sp³-hybridized carbons (Fsp3) is 0.783. The van der Waals surface area contributed by atoms with Crippen LogP contribution in [0.5, 0.6) is 0 Å². The number of esters is 3. The van der Waals surface area contributed by atoms with Gasteiger partial charge in [-0.05, 0) is 109 Å². The minimum atomic E-state index is -0.785. The molecule has 0 radical (unpaired) electrons. The van der Waals surface area contributed by atoms with Gasteiger partial charge in [-0.1, -0.05) is 273 Å². The Morgan fingerprint density at radius 2 is 0.507 bits per heavy atom. The Morgan fingerprint density at radius 1 is 0.267 bits per heavy atom. The van der Waals surface area contributed by atoms with Gasteiger partial charge < -0.3 is 14.2 Å². The van der Waals surface area contributed by atoms with Crippen LogP contribution in [0.15, 0.2) is 72.9 Å². The Kier molecular flexibility index (Phi) is 60.7. The van der Waals surface area contributed by atoms with Gasteiger partial charge in [-0.2, -0.15) is 0 Å². The molecule has 0 bridgehead atoms. The van der Waals surface area contributed by atoms with Crippen LogP contribution in [0.4, 0.5) is 0 Å². The van der Waals surface area contributed by atoms with Gasteiger partial charge in [-0.25, -0.2) is 0 Å². The summed E-state index contributed by atoms with van der Waals surface area (Å²) in [5.41, 5.74) is 0. The van der Waals surface area contributed by atoms with Gasteiger partial charge in [0.15, 0.2) is 6.10 Å². The van der Waals surface area contributed by atoms with E-state index < -0.39 is 6.10 Å². The third-order valence-electron chi connectivity index (χ3n) is 14.1. The predicted octanol–water partition coefficient (Wildman–Crippen LogP) is 22.1. The van der Waals surface area contributed by atoms with Gasteiger partial charge in [0, 0.05) is 19.3 Å². The van der Waals surface area contributed by atoms with Gasteiger partial charge in [0.1, 0.15) is 13.2 Å². The standard InChI is InChI=1S/C69H122O6/c1-4-7-10-13-16-19-22-25-27-28-29-30-31-32-33-34-35-36-37-38-39-40-42-44-47-50-53-56-59-62-68(71)74-65-66(64-73-67(70)61-58-55-52-49-46-43-24-21-18-15-12-9-6-3)75-69(72)63-60-57-54-51-48-45-41-26-23-20-17-14-11-8-5-2/h12,15,21-22,24-26,28-29,31-32,41,66H,4-11,13-14,16-20,23,27,30,33-40,42-65H2,1-3H3/b15-12-,24-21-,25-22-,29-28-,32-31-,41-26-. The lowest BCUT2D eigenvalue weighted by atomic mass is 10.0. The molecular formula is C69H122O6. The molecule has 1 atom stereocenters. The molecule has 0 spiro atoms. The number of ether oxygens (including phenoxy) is 3. The average Bonchev–Trinajstić information content (AvgIpc) is 3.41. The second kappa shape index (κ2) is 63.4. The summed E-state index contributed by atoms with van der Waals surface area (Å²) in [6.07, 6.45) is 82.0. The summed E-state index contributed by atoms with van der Waals surface area (Å²) in [7, 11) is 0. The van der Waals surface area contributed by atoms with E-state index in [4.69, 9.17) is 14.2 Å². The monoisotopic (exact) mass is 1050 g/mol. The highest BCUT2D eigenvalue weighted by Crippen LogP contribution is 2.16. The van der Waals surface area contributed by atoms with Gasteiger partial charge in [0.2, 0.25) is 0 Å². The SMILES string of the molecule is CCC/C=C\C/C=C\CCCCCCCC(=O)OCC(COC(=O)CCCCCCCCCCCCCCCC/C=C\C/C=C\C/C=C\CCCCCCC)OC(=O)CCCCCCC/C=C\CCCCCCCC. The maximum absolute atomic E-state index is 12.9. The Morgan fingerprint density at radius 3 is 0.813 bits per heavy atom. The predicted molar refractivity (Wildman–Crippen MR) is 325 cm³/mol. The van der Waals surface area contributed by atoms with Crippen LogP contribution in [0.3, 0.4) is 0 Å². The van der Waals surface area contributed by atoms with E-state index >= 15 is 0 Å². The highest BCUT2D eigenvalue weighted by Gasteiger charge is 2.19. The summed E-state index contributed by atoms with van der Waals surface area (Å²) in [6.45, 7) is 6.57. The fourth-order valence-corrected chi connectivity index (χ4v) is 9.25. The number of rotatable bonds is 59. The van der Waals surface area contributed by atoms with E-state index in [0.29, 0.717) is 19.3 Å². The van der Waals surface area contributed by atoms with Crippen molar-refractivity contribution in [2.24, 2.45) is 0 Å². The molecule has 0 amide bonds. The van der Waals surface area contributed by atoms with Gasteiger partial charge in [0.25, 0.3) is 0 Å². The molecule has 0 aromatic heterocycles. The number of unbranched alkanes of at least 4 members (excludes halogenated alkanes) is 36. The minimum Gasteiger partial charge on any atom is -0.462 e. The first-order valence-corrected chi connectivity index (χ1v) is 32.4. The topological polar surface area (TPSA) is 78.9 Å². The largest absolute Gasteiger partial charge is 0.462 e. The van der Waals surface area contributed by atoms with E-state index in [0.717, 1.165) is 109 Å². The summed E-state index contributed by atoms with van der Waals surface area (Å²) in [4.78, 5) is 38.2. The molecule has 0 rings (SSSR count). The summed E-state index contributed by atoms with van der Waals surface area (Å²) in [6, 6.07) is 0. The third kappa shape index (κ3) is 61.6. The van der Waals surface area contributed by atoms with Crippen molar-refractivity contribution in [1.29, 1.82) is 0 Å². The first kappa shape index (κ1) is 71.8. The molecule has 1 unspecified atom stereocenters. The summed E-state index contributed by atoms with van der Waals surface area (Å²) < 4.78 is 16.9. The van der Waals surface area contributed by atoms with Crippen molar-refractivity contribution < 1.29 is 28.6 Å². The van der Waals surface area contributed by atoms with Crippen LogP contribution < -0.4 is 0 Å². The van der Waals surface area contributed by atoms with Crippen molar-refractivity contribution in [3.63, 3.8) is 0 Å². The molecule has 0 aromatic rings. The lowest BCUT2D eigenvalue weighted by molar-refractivity contribution is -0.167. The molecule has 0 N–H and O–H groups in total. The minimum absolute atomic E-state index is 0.0817. The van der Waals surface area contributed by atoms with Crippen molar-refractivity contribution in [2.45, 2.75) is 335 Å². The summed E-state index contributed by atoms with van der Waals surface area (Å²) in [5.74, 6) is -0.893. The van der Waals surface area contributed by atoms with Gasteiger partial charge in [0.05, 0.1) is 0 Å². The Balaban J connectivity index is 4.22. The maximum atomic E-state index is 12.9. The van der Waals surface area contributed by atoms with Crippen LogP contribution in [0.25, 0.3) is 0 Å². The van der Waals surface area contributed by atoms with Gasteiger partial charge in [-0.15, -0.1) is 0 Å². The molecule has 0 saturated carbocycles. The maximum Gasteiger partial charge on any atom is 0.306 e. The van der Waals surface area contributed by atoms with Gasteiger partial charge >= 0.3 is 17.9 Å². The van der Waals surface area contributed by atoms with Crippen molar-refractivity contribution in [3.05, 3.63) is 72.9 Å². The average molecular weight is 1050 g/mol. The van der Waals surface area contributed by atoms with Gasteiger partial charge in [-0.3, -0.25) is 14.4 Å². The van der Waals surface area contributed by atoms with E-state index in [2.05, 4.69) is 93.7 Å². The van der Waals surface area contributed by atoms with Crippen molar-refractivity contribution in [3.8, 4) is 0 Å². The number of hydrogen-bond acceptors (Lipinski definition) is 6. The molecule has 0 saturated heterocycles. The number of carbonyl (C=O) groups excluding carboxylic acids is 3. The summed E-state index contributed by atoms with van der Waals surface area (Å²) in [5, 5.41) is 0. The quantitative estimate of drug-likeness (QED) is 0.0261. The fourth-order valence-electron chi connectivity index (χ4n) is 9.25. The van der Waals surface area contributed by atoms with Crippen LogP contribution in [0.1, 0.15) is 329 Å². The normalized spacial score (nSPS) is 12.5. The highest BCUT2D eigenvalue weighted by atomic mass is 16.6. The second-order valence-corrected chi connectivity index (χ2v) is 21.7. The zero-order valence-corrected chi connectivity index (χ0v) is 49.8. The molecule has 6 nitrogen and oxygen atoms in total. The number of carbonyl (C=O) groups is 3. The second-order valence-electron chi connectivity index (χ2n) is 21.7. The van der Waals surface area contributed by atoms with Crippen LogP contribution in [0, 0.1) is 0 Å². The Bertz CT molecular complexity index is 1390. The first-order chi connectivity index (χ1) is 37.0. The van der Waals surface area contributed by atoms with E-state index in [1.807, 2.05) is 0 Å². The lowest BCUT2D eigenvalue weighted by Gasteiger charge is -2.18. The molecule has 6 heteroatoms. The van der Waals surface area contributed by atoms with Crippen LogP contribution >= 0.6 is 0 Å². The van der Waals surface area contributed by atoms with Crippen molar-refractivity contribution in [1.82, 2.24) is 0 Å². The van der Waals surface area contributed by atoms with Crippen LogP contribution in [0.2, 0.25) is 0 Å². The number of hydrogen-bond donors (Lipinski definition) is 0. The van der Waals surface area contributed by atoms with Crippen LogP contribution in [-0.4, -0.2) is 37.2 Å². The van der Waals surface area contributed by atoms with Crippen LogP contribution in [-0.2, 0) is 28.6 Å². The highest BCUT2D eigenvalue weighted by molar-refractivity contribution is 5.71. The molecule has 75 heavy (non-hydrogen) atoms. The zero-order chi connectivity index (χ0) is 54.3. The van der Waals surface area contributed by atoms with Crippen molar-refractivity contribution in [2.75, 3.05) is 13.2 Å². The summed E-state index contributed by atoms with van der Waals surface area (Å²) >= 11 is 0. The van der Waals surface area contributed by atoms with E-state index in [9.17, 15) is 14.4 Å². The lowest BCUT2D eigenvalue weighted by Crippen LogP contribution is -2.30. The molecule has 0 aliphatic rings. The van der Waals surface area contributed by atoms with E-state index in [-0.39, 0.29) is 31.1 Å². The molecular weight excluding hydrogens is 925 g/mol. The molecule has 0 fully saturated rings. The smallest absolute Gasteiger partial charge is 0.306 e. The molecule has 434 valence electrons. The Hall–Kier alpha value is -3.15. The zero-order valence-electron chi connectivity index (χ0n) is 49.8. The molecule has 0 aromatic carbocycles. The molecule has 0 heterocycles. The van der Waals surface area contributed by atoms with Crippen molar-refractivity contribution >= 4 is 17.9 Å². The third-order valence-corrected chi connectivity index (χ3v) is 14.1. The number of allylic oxidation sites excluding steroid dienone is 12.